The quantitative estimate of drug-likeness (QED) is 0.428. The molecular formula is C26H25FN2O4. The molecule has 1 saturated heterocycles. The summed E-state index contributed by atoms with van der Waals surface area (Å²) in [5, 5.41) is 1.83. The van der Waals surface area contributed by atoms with Gasteiger partial charge >= 0.3 is 5.63 Å². The molecule has 0 bridgehead atoms. The molecule has 170 valence electrons. The van der Waals surface area contributed by atoms with E-state index in [9.17, 15) is 14.0 Å². The summed E-state index contributed by atoms with van der Waals surface area (Å²) in [5.41, 5.74) is 3.69. The van der Waals surface area contributed by atoms with Crippen LogP contribution >= 0.6 is 0 Å². The molecule has 0 saturated carbocycles. The van der Waals surface area contributed by atoms with Gasteiger partial charge in [0, 0.05) is 55.0 Å². The number of anilines is 1. The van der Waals surface area contributed by atoms with Crippen LogP contribution in [0.4, 0.5) is 10.1 Å². The van der Waals surface area contributed by atoms with Gasteiger partial charge in [-0.05, 0) is 49.6 Å². The highest BCUT2D eigenvalue weighted by Crippen LogP contribution is 2.29. The van der Waals surface area contributed by atoms with E-state index in [0.29, 0.717) is 55.0 Å². The smallest absolute Gasteiger partial charge is 0.339 e. The first-order chi connectivity index (χ1) is 15.9. The van der Waals surface area contributed by atoms with Crippen LogP contribution in [-0.2, 0) is 11.2 Å². The number of furan rings is 1. The van der Waals surface area contributed by atoms with Crippen LogP contribution in [0.2, 0.25) is 0 Å². The Hall–Kier alpha value is -3.61. The first kappa shape index (κ1) is 21.2. The van der Waals surface area contributed by atoms with Crippen LogP contribution in [0, 0.1) is 19.7 Å². The molecule has 2 aromatic carbocycles. The third-order valence-electron chi connectivity index (χ3n) is 6.59. The molecule has 6 nitrogen and oxygen atoms in total. The second kappa shape index (κ2) is 8.39. The molecule has 0 unspecified atom stereocenters. The SMILES string of the molecule is Cc1coc2cc3oc(=O)c(CCC(=O)N4CCN(c5ccccc5F)CC4)c(C)c3cc12. The summed E-state index contributed by atoms with van der Waals surface area (Å²) < 4.78 is 25.1. The van der Waals surface area contributed by atoms with Crippen molar-refractivity contribution in [2.45, 2.75) is 26.7 Å². The van der Waals surface area contributed by atoms with Gasteiger partial charge in [0.2, 0.25) is 5.91 Å². The van der Waals surface area contributed by atoms with Crippen LogP contribution in [0.25, 0.3) is 21.9 Å². The molecule has 0 N–H and O–H groups in total. The van der Waals surface area contributed by atoms with Crippen molar-refractivity contribution in [3.63, 3.8) is 0 Å². The number of benzene rings is 2. The summed E-state index contributed by atoms with van der Waals surface area (Å²) in [6.45, 7) is 6.06. The van der Waals surface area contributed by atoms with Gasteiger partial charge in [-0.2, -0.15) is 0 Å². The second-order valence-corrected chi connectivity index (χ2v) is 8.58. The third-order valence-corrected chi connectivity index (χ3v) is 6.59. The molecule has 2 aromatic heterocycles. The summed E-state index contributed by atoms with van der Waals surface area (Å²) in [6.07, 6.45) is 2.23. The molecule has 1 aliphatic rings. The Morgan fingerprint density at radius 3 is 2.55 bits per heavy atom. The van der Waals surface area contributed by atoms with Gasteiger partial charge in [-0.15, -0.1) is 0 Å². The Morgan fingerprint density at radius 2 is 1.79 bits per heavy atom. The molecule has 5 rings (SSSR count). The molecular weight excluding hydrogens is 423 g/mol. The molecule has 0 aliphatic carbocycles. The van der Waals surface area contributed by atoms with Crippen molar-refractivity contribution in [1.29, 1.82) is 0 Å². The van der Waals surface area contributed by atoms with Crippen molar-refractivity contribution < 1.29 is 18.0 Å². The van der Waals surface area contributed by atoms with Crippen molar-refractivity contribution in [1.82, 2.24) is 4.90 Å². The van der Waals surface area contributed by atoms with E-state index in [2.05, 4.69) is 0 Å². The molecule has 0 radical (unpaired) electrons. The summed E-state index contributed by atoms with van der Waals surface area (Å²) in [4.78, 5) is 29.2. The average molecular weight is 448 g/mol. The number of amides is 1. The minimum atomic E-state index is -0.417. The van der Waals surface area contributed by atoms with E-state index in [1.807, 2.05) is 30.9 Å². The number of rotatable bonds is 4. The molecule has 3 heterocycles. The number of fused-ring (bicyclic) bond motifs is 2. The Labute approximate surface area is 190 Å². The minimum absolute atomic E-state index is 0.0109. The van der Waals surface area contributed by atoms with Crippen molar-refractivity contribution in [3.8, 4) is 0 Å². The largest absolute Gasteiger partial charge is 0.464 e. The summed E-state index contributed by atoms with van der Waals surface area (Å²) in [6, 6.07) is 10.4. The van der Waals surface area contributed by atoms with Gasteiger partial charge in [0.1, 0.15) is 17.0 Å². The molecule has 1 aliphatic heterocycles. The fraction of sp³-hybridized carbons (Fsp3) is 0.308. The maximum Gasteiger partial charge on any atom is 0.339 e. The lowest BCUT2D eigenvalue weighted by molar-refractivity contribution is -0.131. The number of hydrogen-bond acceptors (Lipinski definition) is 5. The van der Waals surface area contributed by atoms with Crippen molar-refractivity contribution in [2.24, 2.45) is 0 Å². The maximum atomic E-state index is 14.0. The van der Waals surface area contributed by atoms with E-state index in [1.165, 1.54) is 6.07 Å². The molecule has 33 heavy (non-hydrogen) atoms. The van der Waals surface area contributed by atoms with Gasteiger partial charge in [-0.25, -0.2) is 9.18 Å². The summed E-state index contributed by atoms with van der Waals surface area (Å²) >= 11 is 0. The first-order valence-corrected chi connectivity index (χ1v) is 11.1. The zero-order valence-corrected chi connectivity index (χ0v) is 18.7. The number of halogens is 1. The second-order valence-electron chi connectivity index (χ2n) is 8.58. The van der Waals surface area contributed by atoms with E-state index in [4.69, 9.17) is 8.83 Å². The Kier molecular flexibility index (Phi) is 5.40. The summed E-state index contributed by atoms with van der Waals surface area (Å²) in [5.74, 6) is -0.262. The lowest BCUT2D eigenvalue weighted by atomic mass is 10.0. The maximum absolute atomic E-state index is 14.0. The highest BCUT2D eigenvalue weighted by molar-refractivity contribution is 5.96. The number of aryl methyl sites for hydroxylation is 2. The third kappa shape index (κ3) is 3.88. The molecule has 7 heteroatoms. The molecule has 1 fully saturated rings. The fourth-order valence-corrected chi connectivity index (χ4v) is 4.62. The van der Waals surface area contributed by atoms with Crippen LogP contribution < -0.4 is 10.5 Å². The van der Waals surface area contributed by atoms with Crippen molar-refractivity contribution in [2.75, 3.05) is 31.1 Å². The lowest BCUT2D eigenvalue weighted by Crippen LogP contribution is -2.49. The van der Waals surface area contributed by atoms with Crippen molar-refractivity contribution in [3.05, 3.63) is 75.6 Å². The molecule has 0 spiro atoms. The van der Waals surface area contributed by atoms with Gasteiger partial charge in [0.05, 0.1) is 12.0 Å². The van der Waals surface area contributed by atoms with Gasteiger partial charge in [0.15, 0.2) is 0 Å². The first-order valence-electron chi connectivity index (χ1n) is 11.1. The van der Waals surface area contributed by atoms with Crippen LogP contribution in [-0.4, -0.2) is 37.0 Å². The number of carbonyl (C=O) groups excluding carboxylic acids is 1. The minimum Gasteiger partial charge on any atom is -0.464 e. The predicted molar refractivity (Wildman–Crippen MR) is 125 cm³/mol. The number of piperazine rings is 1. The Bertz CT molecular complexity index is 1410. The average Bonchev–Trinajstić information content (AvgIpc) is 3.18. The number of carbonyl (C=O) groups is 1. The van der Waals surface area contributed by atoms with Gasteiger partial charge < -0.3 is 18.6 Å². The Balaban J connectivity index is 1.29. The van der Waals surface area contributed by atoms with E-state index in [0.717, 1.165) is 21.9 Å². The standard InChI is InChI=1S/C26H25FN2O4/c1-16-15-32-23-14-24-20(13-19(16)23)17(2)18(26(31)33-24)7-8-25(30)29-11-9-28(10-12-29)22-6-4-3-5-21(22)27/h3-6,13-15H,7-12H2,1-2H3. The van der Waals surface area contributed by atoms with Gasteiger partial charge in [-0.3, -0.25) is 4.79 Å². The zero-order valence-electron chi connectivity index (χ0n) is 18.7. The molecule has 1 amide bonds. The van der Waals surface area contributed by atoms with Crippen LogP contribution in [0.5, 0.6) is 0 Å². The summed E-state index contributed by atoms with van der Waals surface area (Å²) in [7, 11) is 0. The predicted octanol–water partition coefficient (Wildman–Crippen LogP) is 4.58. The fourth-order valence-electron chi connectivity index (χ4n) is 4.62. The van der Waals surface area contributed by atoms with Crippen LogP contribution in [0.3, 0.4) is 0 Å². The number of para-hydroxylation sites is 1. The van der Waals surface area contributed by atoms with E-state index < -0.39 is 5.63 Å². The van der Waals surface area contributed by atoms with Crippen LogP contribution in [0.15, 0.2) is 56.3 Å². The van der Waals surface area contributed by atoms with Gasteiger partial charge in [0.25, 0.3) is 0 Å². The lowest BCUT2D eigenvalue weighted by Gasteiger charge is -2.36. The number of hydrogen-bond donors (Lipinski definition) is 0. The molecule has 0 atom stereocenters. The van der Waals surface area contributed by atoms with E-state index >= 15 is 0 Å². The topological polar surface area (TPSA) is 66.9 Å². The Morgan fingerprint density at radius 1 is 1.03 bits per heavy atom. The van der Waals surface area contributed by atoms with Crippen molar-refractivity contribution >= 4 is 33.5 Å². The van der Waals surface area contributed by atoms with E-state index in [-0.39, 0.29) is 18.1 Å². The van der Waals surface area contributed by atoms with E-state index in [1.54, 1.807) is 29.4 Å². The molecule has 4 aromatic rings. The van der Waals surface area contributed by atoms with Crippen LogP contribution in [0.1, 0.15) is 23.1 Å². The van der Waals surface area contributed by atoms with Gasteiger partial charge in [-0.1, -0.05) is 12.1 Å². The normalized spacial score (nSPS) is 14.4. The zero-order chi connectivity index (χ0) is 23.1. The monoisotopic (exact) mass is 448 g/mol. The number of nitrogens with zero attached hydrogens (tertiary/aromatic N) is 2. The highest BCUT2D eigenvalue weighted by atomic mass is 19.1. The highest BCUT2D eigenvalue weighted by Gasteiger charge is 2.23.